The Hall–Kier alpha value is -4.07. The van der Waals surface area contributed by atoms with E-state index in [0.717, 1.165) is 0 Å². The molecule has 0 atom stereocenters. The third-order valence-electron chi connectivity index (χ3n) is 4.24. The van der Waals surface area contributed by atoms with E-state index in [-0.39, 0.29) is 28.6 Å². The zero-order chi connectivity index (χ0) is 19.1. The van der Waals surface area contributed by atoms with Crippen LogP contribution in [-0.2, 0) is 0 Å². The van der Waals surface area contributed by atoms with Crippen molar-refractivity contribution in [2.75, 3.05) is 5.32 Å². The molecule has 1 aliphatic heterocycles. The molecular formula is C19H13N3O5. The van der Waals surface area contributed by atoms with Gasteiger partial charge in [-0.05, 0) is 36.4 Å². The first-order valence-corrected chi connectivity index (χ1v) is 7.96. The molecule has 2 heterocycles. The van der Waals surface area contributed by atoms with Crippen LogP contribution in [-0.4, -0.2) is 32.5 Å². The summed E-state index contributed by atoms with van der Waals surface area (Å²) in [5, 5.41) is 24.3. The van der Waals surface area contributed by atoms with Gasteiger partial charge in [-0.15, -0.1) is 0 Å². The molecule has 3 aromatic rings. The highest BCUT2D eigenvalue weighted by atomic mass is 16.3. The van der Waals surface area contributed by atoms with Gasteiger partial charge in [0.1, 0.15) is 0 Å². The zero-order valence-corrected chi connectivity index (χ0v) is 13.8. The number of benzene rings is 2. The third-order valence-corrected chi connectivity index (χ3v) is 4.24. The summed E-state index contributed by atoms with van der Waals surface area (Å²) in [5.74, 6) is -1.80. The number of hydrogen-bond acceptors (Lipinski definition) is 5. The largest absolute Gasteiger partial charge is 0.494 e. The van der Waals surface area contributed by atoms with Crippen molar-refractivity contribution in [3.8, 4) is 17.4 Å². The topological polar surface area (TPSA) is 121 Å². The molecule has 1 aliphatic rings. The van der Waals surface area contributed by atoms with Gasteiger partial charge in [0.25, 0.3) is 17.7 Å². The summed E-state index contributed by atoms with van der Waals surface area (Å²) in [6.07, 6.45) is 0. The van der Waals surface area contributed by atoms with Crippen LogP contribution in [0, 0.1) is 0 Å². The van der Waals surface area contributed by atoms with Crippen molar-refractivity contribution >= 4 is 23.4 Å². The lowest BCUT2D eigenvalue weighted by Crippen LogP contribution is -2.20. The van der Waals surface area contributed by atoms with Gasteiger partial charge in [0.15, 0.2) is 11.8 Å². The average Bonchev–Trinajstić information content (AvgIpc) is 3.14. The minimum atomic E-state index is -0.556. The highest BCUT2D eigenvalue weighted by Crippen LogP contribution is 2.27. The van der Waals surface area contributed by atoms with Crippen LogP contribution in [0.3, 0.4) is 0 Å². The Morgan fingerprint density at radius 2 is 1.56 bits per heavy atom. The van der Waals surface area contributed by atoms with Gasteiger partial charge in [0, 0.05) is 17.7 Å². The zero-order valence-electron chi connectivity index (χ0n) is 13.8. The van der Waals surface area contributed by atoms with Gasteiger partial charge < -0.3 is 15.5 Å². The molecule has 0 spiro atoms. The van der Waals surface area contributed by atoms with Crippen LogP contribution in [0.1, 0.15) is 31.1 Å². The van der Waals surface area contributed by atoms with Crippen molar-refractivity contribution in [2.24, 2.45) is 0 Å². The second-order valence-electron chi connectivity index (χ2n) is 5.90. The molecule has 4 rings (SSSR count). The molecule has 0 unspecified atom stereocenters. The molecule has 0 fully saturated rings. The Kier molecular flexibility index (Phi) is 3.66. The van der Waals surface area contributed by atoms with Crippen molar-refractivity contribution in [1.82, 2.24) is 9.88 Å². The summed E-state index contributed by atoms with van der Waals surface area (Å²) in [6, 6.07) is 13.5. The van der Waals surface area contributed by atoms with E-state index in [9.17, 15) is 24.6 Å². The Labute approximate surface area is 152 Å². The Morgan fingerprint density at radius 3 is 2.22 bits per heavy atom. The molecule has 0 saturated carbocycles. The fraction of sp³-hybridized carbons (Fsp3) is 0. The van der Waals surface area contributed by atoms with E-state index in [1.54, 1.807) is 24.3 Å². The highest BCUT2D eigenvalue weighted by molar-refractivity contribution is 6.25. The number of carbonyl (C=O) groups is 3. The number of aromatic hydroxyl groups is 2. The van der Waals surface area contributed by atoms with E-state index in [4.69, 9.17) is 0 Å². The van der Waals surface area contributed by atoms with Crippen molar-refractivity contribution in [3.05, 3.63) is 71.3 Å². The normalized spacial score (nSPS) is 12.6. The molecule has 1 aromatic heterocycles. The number of rotatable bonds is 3. The molecule has 0 bridgehead atoms. The van der Waals surface area contributed by atoms with Gasteiger partial charge in [-0.2, -0.15) is 0 Å². The number of amides is 3. The number of nitrogens with one attached hydrogen (secondary N) is 2. The minimum absolute atomic E-state index is 0.134. The van der Waals surface area contributed by atoms with E-state index in [2.05, 4.69) is 10.6 Å². The van der Waals surface area contributed by atoms with Crippen LogP contribution in [0.15, 0.2) is 54.6 Å². The lowest BCUT2D eigenvalue weighted by molar-refractivity contribution is 0.0879. The highest BCUT2D eigenvalue weighted by Gasteiger charge is 2.29. The number of carbonyl (C=O) groups excluding carboxylic acids is 3. The number of aromatic nitrogens is 1. The molecular weight excluding hydrogens is 350 g/mol. The summed E-state index contributed by atoms with van der Waals surface area (Å²) >= 11 is 0. The Balaban J connectivity index is 1.60. The van der Waals surface area contributed by atoms with E-state index >= 15 is 0 Å². The molecule has 8 heteroatoms. The van der Waals surface area contributed by atoms with Crippen molar-refractivity contribution in [3.63, 3.8) is 0 Å². The maximum Gasteiger partial charge on any atom is 0.261 e. The predicted molar refractivity (Wildman–Crippen MR) is 95.3 cm³/mol. The minimum Gasteiger partial charge on any atom is -0.494 e. The lowest BCUT2D eigenvalue weighted by atomic mass is 10.1. The summed E-state index contributed by atoms with van der Waals surface area (Å²) in [5.41, 5.74) is 1.36. The van der Waals surface area contributed by atoms with Gasteiger partial charge in [0.2, 0.25) is 0 Å². The van der Waals surface area contributed by atoms with Gasteiger partial charge >= 0.3 is 0 Å². The number of imide groups is 1. The second kappa shape index (κ2) is 6.03. The van der Waals surface area contributed by atoms with Crippen LogP contribution < -0.4 is 10.6 Å². The standard InChI is InChI=1S/C19H13N3O5/c23-14-8-9-15(24)22(14)11-6-4-10(5-7-11)17(25)20-13-3-1-2-12-16(13)19(27)21-18(12)26/h1-9,23-24H,(H,20,25)(H,21,26,27). The Bertz CT molecular complexity index is 1080. The van der Waals surface area contributed by atoms with E-state index in [1.807, 2.05) is 0 Å². The lowest BCUT2D eigenvalue weighted by Gasteiger charge is -2.10. The first-order valence-electron chi connectivity index (χ1n) is 7.96. The maximum atomic E-state index is 12.5. The summed E-state index contributed by atoms with van der Waals surface area (Å²) in [6.45, 7) is 0. The van der Waals surface area contributed by atoms with Crippen LogP contribution in [0.5, 0.6) is 11.8 Å². The predicted octanol–water partition coefficient (Wildman–Crippen LogP) is 2.02. The summed E-state index contributed by atoms with van der Waals surface area (Å²) in [7, 11) is 0. The van der Waals surface area contributed by atoms with Crippen molar-refractivity contribution in [1.29, 1.82) is 0 Å². The molecule has 0 aliphatic carbocycles. The SMILES string of the molecule is O=C(Nc1cccc2c1C(=O)NC2=O)c1ccc(-n2c(O)ccc2O)cc1. The first kappa shape index (κ1) is 16.4. The van der Waals surface area contributed by atoms with Crippen LogP contribution in [0.2, 0.25) is 0 Å². The monoisotopic (exact) mass is 363 g/mol. The molecule has 134 valence electrons. The smallest absolute Gasteiger partial charge is 0.261 e. The quantitative estimate of drug-likeness (QED) is 0.531. The number of nitrogens with zero attached hydrogens (tertiary/aromatic N) is 1. The summed E-state index contributed by atoms with van der Waals surface area (Å²) < 4.78 is 1.21. The van der Waals surface area contributed by atoms with Crippen LogP contribution in [0.25, 0.3) is 5.69 Å². The van der Waals surface area contributed by atoms with Gasteiger partial charge in [-0.25, -0.2) is 0 Å². The molecule has 8 nitrogen and oxygen atoms in total. The molecule has 0 radical (unpaired) electrons. The van der Waals surface area contributed by atoms with Crippen molar-refractivity contribution in [2.45, 2.75) is 0 Å². The van der Waals surface area contributed by atoms with E-state index in [1.165, 1.54) is 34.9 Å². The maximum absolute atomic E-state index is 12.5. The van der Waals surface area contributed by atoms with Gasteiger partial charge in [-0.1, -0.05) is 6.07 Å². The molecule has 3 amide bonds. The fourth-order valence-corrected chi connectivity index (χ4v) is 2.96. The van der Waals surface area contributed by atoms with Crippen LogP contribution >= 0.6 is 0 Å². The third kappa shape index (κ3) is 2.69. The van der Waals surface area contributed by atoms with Gasteiger partial charge in [0.05, 0.1) is 22.5 Å². The number of hydrogen-bond donors (Lipinski definition) is 4. The second-order valence-corrected chi connectivity index (χ2v) is 5.90. The fourth-order valence-electron chi connectivity index (χ4n) is 2.96. The first-order chi connectivity index (χ1) is 13.0. The number of anilines is 1. The molecule has 2 aromatic carbocycles. The van der Waals surface area contributed by atoms with E-state index < -0.39 is 17.7 Å². The molecule has 0 saturated heterocycles. The summed E-state index contributed by atoms with van der Waals surface area (Å²) in [4.78, 5) is 36.1. The molecule has 27 heavy (non-hydrogen) atoms. The number of fused-ring (bicyclic) bond motifs is 1. The Morgan fingerprint density at radius 1 is 0.889 bits per heavy atom. The van der Waals surface area contributed by atoms with Crippen LogP contribution in [0.4, 0.5) is 5.69 Å². The van der Waals surface area contributed by atoms with E-state index in [0.29, 0.717) is 11.3 Å². The average molecular weight is 363 g/mol. The van der Waals surface area contributed by atoms with Crippen molar-refractivity contribution < 1.29 is 24.6 Å². The molecule has 4 N–H and O–H groups in total. The van der Waals surface area contributed by atoms with Gasteiger partial charge in [-0.3, -0.25) is 24.3 Å².